The average molecular weight is 183 g/mol. The molecule has 2 atom stereocenters. The summed E-state index contributed by atoms with van der Waals surface area (Å²) in [6, 6.07) is 0. The average Bonchev–Trinajstić information content (AvgIpc) is 1.84. The fourth-order valence-electron chi connectivity index (χ4n) is 0.408. The van der Waals surface area contributed by atoms with E-state index in [4.69, 9.17) is 0 Å². The van der Waals surface area contributed by atoms with Crippen LogP contribution in [-0.4, -0.2) is 11.5 Å². The highest BCUT2D eigenvalue weighted by atomic mass is 79.9. The van der Waals surface area contributed by atoms with Crippen molar-refractivity contribution in [2.45, 2.75) is 26.4 Å². The van der Waals surface area contributed by atoms with Crippen LogP contribution in [0.2, 0.25) is 0 Å². The normalized spacial score (nSPS) is 18.0. The van der Waals surface area contributed by atoms with Gasteiger partial charge in [0.05, 0.1) is 0 Å². The van der Waals surface area contributed by atoms with E-state index < -0.39 is 6.17 Å². The maximum absolute atomic E-state index is 12.5. The van der Waals surface area contributed by atoms with Crippen molar-refractivity contribution in [2.24, 2.45) is 5.92 Å². The molecule has 0 radical (unpaired) electrons. The number of alkyl halides is 2. The molecule has 8 heavy (non-hydrogen) atoms. The predicted octanol–water partition coefficient (Wildman–Crippen LogP) is 2.77. The molecule has 0 nitrogen and oxygen atoms in total. The lowest BCUT2D eigenvalue weighted by molar-refractivity contribution is 0.265. The number of hydrogen-bond donors (Lipinski definition) is 0. The topological polar surface area (TPSA) is 0 Å². The van der Waals surface area contributed by atoms with E-state index in [1.807, 2.05) is 13.8 Å². The maximum Gasteiger partial charge on any atom is 0.112 e. The molecule has 0 heterocycles. The van der Waals surface area contributed by atoms with Gasteiger partial charge in [0.15, 0.2) is 0 Å². The summed E-state index contributed by atoms with van der Waals surface area (Å²) in [5.41, 5.74) is 0. The second-order valence-corrected chi connectivity index (χ2v) is 2.70. The van der Waals surface area contributed by atoms with Gasteiger partial charge in [-0.1, -0.05) is 36.2 Å². The molecule has 0 aliphatic heterocycles. The van der Waals surface area contributed by atoms with E-state index in [-0.39, 0.29) is 5.92 Å². The van der Waals surface area contributed by atoms with Crippen molar-refractivity contribution in [3.8, 4) is 0 Å². The van der Waals surface area contributed by atoms with E-state index in [1.54, 1.807) is 0 Å². The summed E-state index contributed by atoms with van der Waals surface area (Å²) in [6.07, 6.45) is 0.257. The van der Waals surface area contributed by atoms with Gasteiger partial charge in [-0.2, -0.15) is 0 Å². The lowest BCUT2D eigenvalue weighted by Gasteiger charge is -2.09. The first-order valence-electron chi connectivity index (χ1n) is 2.92. The fourth-order valence-corrected chi connectivity index (χ4v) is 1.05. The molecule has 2 unspecified atom stereocenters. The molecule has 0 N–H and O–H groups in total. The Hall–Kier alpha value is 0.410. The SMILES string of the molecule is CCC(C)C(F)CBr. The number of rotatable bonds is 3. The van der Waals surface area contributed by atoms with Gasteiger partial charge in [0.2, 0.25) is 0 Å². The fraction of sp³-hybridized carbons (Fsp3) is 1.00. The van der Waals surface area contributed by atoms with Gasteiger partial charge in [0.1, 0.15) is 6.17 Å². The minimum Gasteiger partial charge on any atom is -0.246 e. The molecular formula is C6H12BrF. The molecule has 0 spiro atoms. The summed E-state index contributed by atoms with van der Waals surface area (Å²) in [5.74, 6) is 0.203. The van der Waals surface area contributed by atoms with Crippen LogP contribution >= 0.6 is 15.9 Å². The van der Waals surface area contributed by atoms with Crippen LogP contribution in [0.3, 0.4) is 0 Å². The Morgan fingerprint density at radius 1 is 1.62 bits per heavy atom. The lowest BCUT2D eigenvalue weighted by Crippen LogP contribution is -2.12. The van der Waals surface area contributed by atoms with Crippen LogP contribution in [0.25, 0.3) is 0 Å². The molecule has 0 saturated heterocycles. The third-order valence-corrected chi connectivity index (χ3v) is 2.03. The van der Waals surface area contributed by atoms with Crippen LogP contribution in [0.1, 0.15) is 20.3 Å². The largest absolute Gasteiger partial charge is 0.246 e. The Labute approximate surface area is 58.6 Å². The van der Waals surface area contributed by atoms with Gasteiger partial charge >= 0.3 is 0 Å². The van der Waals surface area contributed by atoms with Crippen molar-refractivity contribution >= 4 is 15.9 Å². The van der Waals surface area contributed by atoms with Crippen LogP contribution in [0.5, 0.6) is 0 Å². The van der Waals surface area contributed by atoms with E-state index in [0.717, 1.165) is 6.42 Å². The van der Waals surface area contributed by atoms with Crippen LogP contribution < -0.4 is 0 Å². The molecule has 0 aliphatic rings. The molecule has 0 amide bonds. The van der Waals surface area contributed by atoms with Crippen molar-refractivity contribution in [1.29, 1.82) is 0 Å². The molecule has 0 aromatic carbocycles. The minimum absolute atomic E-state index is 0.203. The van der Waals surface area contributed by atoms with Gasteiger partial charge in [0, 0.05) is 5.33 Å². The van der Waals surface area contributed by atoms with Gasteiger partial charge in [-0.3, -0.25) is 0 Å². The summed E-state index contributed by atoms with van der Waals surface area (Å²) in [5, 5.41) is 0.474. The summed E-state index contributed by atoms with van der Waals surface area (Å²) >= 11 is 3.08. The number of hydrogen-bond acceptors (Lipinski definition) is 0. The Morgan fingerprint density at radius 2 is 2.12 bits per heavy atom. The van der Waals surface area contributed by atoms with Crippen molar-refractivity contribution in [3.63, 3.8) is 0 Å². The molecule has 0 aliphatic carbocycles. The lowest BCUT2D eigenvalue weighted by atomic mass is 10.1. The monoisotopic (exact) mass is 182 g/mol. The molecule has 0 rings (SSSR count). The van der Waals surface area contributed by atoms with Crippen molar-refractivity contribution in [2.75, 3.05) is 5.33 Å². The second kappa shape index (κ2) is 4.30. The predicted molar refractivity (Wildman–Crippen MR) is 38.1 cm³/mol. The quantitative estimate of drug-likeness (QED) is 0.590. The standard InChI is InChI=1S/C6H12BrF/c1-3-5(2)6(8)4-7/h5-6H,3-4H2,1-2H3. The van der Waals surface area contributed by atoms with Gasteiger partial charge < -0.3 is 0 Å². The Balaban J connectivity index is 3.29. The highest BCUT2D eigenvalue weighted by Crippen LogP contribution is 2.12. The molecule has 0 saturated carbocycles. The zero-order chi connectivity index (χ0) is 6.57. The van der Waals surface area contributed by atoms with E-state index in [9.17, 15) is 4.39 Å². The Morgan fingerprint density at radius 3 is 2.25 bits per heavy atom. The molecule has 50 valence electrons. The highest BCUT2D eigenvalue weighted by Gasteiger charge is 2.11. The van der Waals surface area contributed by atoms with Crippen LogP contribution in [-0.2, 0) is 0 Å². The van der Waals surface area contributed by atoms with Crippen LogP contribution in [0.4, 0.5) is 4.39 Å². The van der Waals surface area contributed by atoms with E-state index in [1.165, 1.54) is 0 Å². The summed E-state index contributed by atoms with van der Waals surface area (Å²) < 4.78 is 12.5. The zero-order valence-corrected chi connectivity index (χ0v) is 6.91. The Bertz CT molecular complexity index is 48.5. The summed E-state index contributed by atoms with van der Waals surface area (Å²) in [6.45, 7) is 3.92. The molecule has 2 heteroatoms. The highest BCUT2D eigenvalue weighted by molar-refractivity contribution is 9.09. The van der Waals surface area contributed by atoms with Crippen LogP contribution in [0.15, 0.2) is 0 Å². The van der Waals surface area contributed by atoms with E-state index in [2.05, 4.69) is 15.9 Å². The van der Waals surface area contributed by atoms with Gasteiger partial charge in [-0.05, 0) is 5.92 Å². The summed E-state index contributed by atoms with van der Waals surface area (Å²) in [4.78, 5) is 0. The minimum atomic E-state index is -0.667. The van der Waals surface area contributed by atoms with Crippen molar-refractivity contribution < 1.29 is 4.39 Å². The smallest absolute Gasteiger partial charge is 0.112 e. The second-order valence-electron chi connectivity index (χ2n) is 2.06. The number of halogens is 2. The van der Waals surface area contributed by atoms with Crippen molar-refractivity contribution in [1.82, 2.24) is 0 Å². The zero-order valence-electron chi connectivity index (χ0n) is 5.32. The Kier molecular flexibility index (Phi) is 4.53. The van der Waals surface area contributed by atoms with E-state index in [0.29, 0.717) is 5.33 Å². The van der Waals surface area contributed by atoms with Gasteiger partial charge in [-0.15, -0.1) is 0 Å². The first kappa shape index (κ1) is 8.41. The van der Waals surface area contributed by atoms with Gasteiger partial charge in [-0.25, -0.2) is 4.39 Å². The summed E-state index contributed by atoms with van der Waals surface area (Å²) in [7, 11) is 0. The third kappa shape index (κ3) is 2.65. The third-order valence-electron chi connectivity index (χ3n) is 1.41. The van der Waals surface area contributed by atoms with Gasteiger partial charge in [0.25, 0.3) is 0 Å². The molecular weight excluding hydrogens is 171 g/mol. The van der Waals surface area contributed by atoms with Crippen LogP contribution in [0, 0.1) is 5.92 Å². The van der Waals surface area contributed by atoms with Crippen molar-refractivity contribution in [3.05, 3.63) is 0 Å². The maximum atomic E-state index is 12.5. The first-order valence-corrected chi connectivity index (χ1v) is 4.04. The molecule has 0 aromatic rings. The molecule has 0 bridgehead atoms. The van der Waals surface area contributed by atoms with E-state index >= 15 is 0 Å². The molecule has 0 fully saturated rings. The molecule has 0 aromatic heterocycles. The first-order chi connectivity index (χ1) is 3.72.